The molecule has 0 saturated heterocycles. The van der Waals surface area contributed by atoms with Crippen LogP contribution in [0, 0.1) is 0 Å². The maximum absolute atomic E-state index is 12.2. The monoisotopic (exact) mass is 315 g/mol. The normalized spacial score (nSPS) is 14.3. The van der Waals surface area contributed by atoms with Crippen molar-refractivity contribution in [1.82, 2.24) is 9.88 Å². The molecule has 0 saturated carbocycles. The molecular weight excluding hydrogens is 286 g/mol. The van der Waals surface area contributed by atoms with Gasteiger partial charge < -0.3 is 10.2 Å². The molecule has 1 heterocycles. The highest BCUT2D eigenvalue weighted by Crippen LogP contribution is 2.20. The summed E-state index contributed by atoms with van der Waals surface area (Å²) in [5, 5.41) is 3.39. The van der Waals surface area contributed by atoms with E-state index >= 15 is 0 Å². The zero-order valence-electron chi connectivity index (χ0n) is 14.5. The van der Waals surface area contributed by atoms with Gasteiger partial charge in [-0.1, -0.05) is 25.0 Å². The van der Waals surface area contributed by atoms with Crippen LogP contribution in [0.2, 0.25) is 0 Å². The van der Waals surface area contributed by atoms with Crippen molar-refractivity contribution >= 4 is 11.6 Å². The van der Waals surface area contributed by atoms with E-state index in [-0.39, 0.29) is 5.91 Å². The molecule has 0 radical (unpaired) electrons. The second-order valence-electron chi connectivity index (χ2n) is 6.30. The number of hydrogen-bond acceptors (Lipinski definition) is 3. The maximum atomic E-state index is 12.2. The highest BCUT2D eigenvalue weighted by atomic mass is 16.2. The molecule has 1 aliphatic carbocycles. The quantitative estimate of drug-likeness (QED) is 0.729. The molecule has 1 aromatic rings. The molecule has 23 heavy (non-hydrogen) atoms. The summed E-state index contributed by atoms with van der Waals surface area (Å²) in [7, 11) is 1.84. The van der Waals surface area contributed by atoms with E-state index in [9.17, 15) is 4.79 Å². The molecule has 0 spiro atoms. The highest BCUT2D eigenvalue weighted by Gasteiger charge is 2.12. The topological polar surface area (TPSA) is 45.2 Å². The maximum Gasteiger partial charge on any atom is 0.272 e. The molecule has 4 heteroatoms. The van der Waals surface area contributed by atoms with E-state index in [1.807, 2.05) is 19.2 Å². The van der Waals surface area contributed by atoms with Crippen molar-refractivity contribution in [2.24, 2.45) is 0 Å². The van der Waals surface area contributed by atoms with Crippen molar-refractivity contribution < 1.29 is 4.79 Å². The first-order chi connectivity index (χ1) is 11.2. The number of rotatable bonds is 8. The molecule has 126 valence electrons. The third-order valence-electron chi connectivity index (χ3n) is 4.34. The molecule has 0 aliphatic heterocycles. The fraction of sp³-hybridized carbons (Fsp3) is 0.579. The summed E-state index contributed by atoms with van der Waals surface area (Å²) in [6.45, 7) is 3.84. The Kier molecular flexibility index (Phi) is 7.11. The van der Waals surface area contributed by atoms with Gasteiger partial charge >= 0.3 is 0 Å². The first-order valence-corrected chi connectivity index (χ1v) is 8.84. The van der Waals surface area contributed by atoms with Crippen molar-refractivity contribution in [3.8, 4) is 0 Å². The predicted octanol–water partition coefficient (Wildman–Crippen LogP) is 4.26. The number of amides is 1. The molecule has 1 aromatic heterocycles. The van der Waals surface area contributed by atoms with Crippen LogP contribution in [-0.4, -0.2) is 35.9 Å². The number of unbranched alkanes of at least 4 members (excludes halogenated alkanes) is 1. The average Bonchev–Trinajstić information content (AvgIpc) is 2.60. The first-order valence-electron chi connectivity index (χ1n) is 8.84. The van der Waals surface area contributed by atoms with Crippen LogP contribution in [0.1, 0.15) is 62.4 Å². The van der Waals surface area contributed by atoms with E-state index in [4.69, 9.17) is 0 Å². The Bertz CT molecular complexity index is 522. The van der Waals surface area contributed by atoms with Crippen LogP contribution < -0.4 is 5.32 Å². The minimum Gasteiger partial charge on any atom is -0.383 e. The largest absolute Gasteiger partial charge is 0.383 e. The summed E-state index contributed by atoms with van der Waals surface area (Å²) in [5.41, 5.74) is 3.07. The lowest BCUT2D eigenvalue weighted by atomic mass is 9.97. The fourth-order valence-corrected chi connectivity index (χ4v) is 2.82. The lowest BCUT2D eigenvalue weighted by Gasteiger charge is -2.16. The van der Waals surface area contributed by atoms with Gasteiger partial charge in [0.05, 0.1) is 11.9 Å². The number of aromatic nitrogens is 1. The number of carbonyl (C=O) groups is 1. The van der Waals surface area contributed by atoms with Gasteiger partial charge in [0.25, 0.3) is 5.91 Å². The molecular formula is C19H29N3O. The lowest BCUT2D eigenvalue weighted by molar-refractivity contribution is 0.0787. The van der Waals surface area contributed by atoms with Gasteiger partial charge in [-0.05, 0) is 50.7 Å². The van der Waals surface area contributed by atoms with Gasteiger partial charge in [-0.3, -0.25) is 4.79 Å². The third kappa shape index (κ3) is 5.70. The van der Waals surface area contributed by atoms with E-state index in [1.165, 1.54) is 25.7 Å². The summed E-state index contributed by atoms with van der Waals surface area (Å²) in [5.74, 6) is -0.00244. The summed E-state index contributed by atoms with van der Waals surface area (Å²) in [6.07, 6.45) is 12.5. The molecule has 2 rings (SSSR count). The predicted molar refractivity (Wildman–Crippen MR) is 95.8 cm³/mol. The Morgan fingerprint density at radius 2 is 2.22 bits per heavy atom. The molecule has 0 atom stereocenters. The summed E-state index contributed by atoms with van der Waals surface area (Å²) < 4.78 is 0. The lowest BCUT2D eigenvalue weighted by Crippen LogP contribution is -2.28. The van der Waals surface area contributed by atoms with Crippen molar-refractivity contribution in [2.75, 3.05) is 25.5 Å². The van der Waals surface area contributed by atoms with Crippen molar-refractivity contribution in [2.45, 2.75) is 51.9 Å². The first kappa shape index (κ1) is 17.5. The van der Waals surface area contributed by atoms with Crippen LogP contribution in [0.15, 0.2) is 30.0 Å². The number of allylic oxidation sites excluding steroid dienone is 1. The van der Waals surface area contributed by atoms with Crippen LogP contribution in [0.5, 0.6) is 0 Å². The van der Waals surface area contributed by atoms with Gasteiger partial charge in [-0.15, -0.1) is 0 Å². The summed E-state index contributed by atoms with van der Waals surface area (Å²) in [4.78, 5) is 18.3. The van der Waals surface area contributed by atoms with E-state index < -0.39 is 0 Å². The van der Waals surface area contributed by atoms with Crippen LogP contribution in [0.4, 0.5) is 5.69 Å². The van der Waals surface area contributed by atoms with Crippen molar-refractivity contribution in [1.29, 1.82) is 0 Å². The second kappa shape index (κ2) is 9.33. The number of nitrogens with zero attached hydrogens (tertiary/aromatic N) is 2. The zero-order valence-corrected chi connectivity index (χ0v) is 14.5. The number of hydrogen-bond donors (Lipinski definition) is 1. The van der Waals surface area contributed by atoms with Crippen LogP contribution in [0.3, 0.4) is 0 Å². The van der Waals surface area contributed by atoms with Gasteiger partial charge in [0.2, 0.25) is 0 Å². The third-order valence-corrected chi connectivity index (χ3v) is 4.34. The van der Waals surface area contributed by atoms with Gasteiger partial charge in [-0.25, -0.2) is 4.98 Å². The number of anilines is 1. The molecule has 1 amide bonds. The van der Waals surface area contributed by atoms with E-state index in [2.05, 4.69) is 23.3 Å². The Balaban J connectivity index is 1.79. The minimum atomic E-state index is -0.00244. The fourth-order valence-electron chi connectivity index (χ4n) is 2.82. The Labute approximate surface area is 140 Å². The number of pyridine rings is 1. The zero-order chi connectivity index (χ0) is 16.5. The number of nitrogens with one attached hydrogen (secondary N) is 1. The van der Waals surface area contributed by atoms with Crippen molar-refractivity contribution in [3.05, 3.63) is 35.7 Å². The van der Waals surface area contributed by atoms with E-state index in [0.717, 1.165) is 38.0 Å². The molecule has 4 nitrogen and oxygen atoms in total. The Hall–Kier alpha value is -1.84. The summed E-state index contributed by atoms with van der Waals surface area (Å²) >= 11 is 0. The average molecular weight is 315 g/mol. The van der Waals surface area contributed by atoms with E-state index in [0.29, 0.717) is 5.69 Å². The van der Waals surface area contributed by atoms with Gasteiger partial charge in [0.15, 0.2) is 0 Å². The standard InChI is InChI=1S/C19H29N3O/c1-3-4-14-22(2)19(23)18-11-10-17(15-21-18)20-13-12-16-8-6-5-7-9-16/h8,10-11,15,20H,3-7,9,12-14H2,1-2H3. The van der Waals surface area contributed by atoms with Crippen molar-refractivity contribution in [3.63, 3.8) is 0 Å². The second-order valence-corrected chi connectivity index (χ2v) is 6.30. The molecule has 0 unspecified atom stereocenters. The van der Waals surface area contributed by atoms with Gasteiger partial charge in [0.1, 0.15) is 5.69 Å². The SMILES string of the molecule is CCCCN(C)C(=O)c1ccc(NCCC2=CCCCC2)cn1. The summed E-state index contributed by atoms with van der Waals surface area (Å²) in [6, 6.07) is 3.76. The Morgan fingerprint density at radius 3 is 2.87 bits per heavy atom. The smallest absolute Gasteiger partial charge is 0.272 e. The van der Waals surface area contributed by atoms with E-state index in [1.54, 1.807) is 16.7 Å². The van der Waals surface area contributed by atoms with Crippen LogP contribution in [-0.2, 0) is 0 Å². The van der Waals surface area contributed by atoms with Crippen LogP contribution in [0.25, 0.3) is 0 Å². The molecule has 0 fully saturated rings. The van der Waals surface area contributed by atoms with Gasteiger partial charge in [-0.2, -0.15) is 0 Å². The van der Waals surface area contributed by atoms with Gasteiger partial charge in [0, 0.05) is 20.1 Å². The molecule has 1 aliphatic rings. The molecule has 0 aromatic carbocycles. The molecule has 0 bridgehead atoms. The Morgan fingerprint density at radius 1 is 1.35 bits per heavy atom. The minimum absolute atomic E-state index is 0.00244. The molecule has 1 N–H and O–H groups in total. The number of carbonyl (C=O) groups excluding carboxylic acids is 1. The highest BCUT2D eigenvalue weighted by molar-refractivity contribution is 5.92. The van der Waals surface area contributed by atoms with Crippen LogP contribution >= 0.6 is 0 Å².